The average molecular weight is 516 g/mol. The smallest absolute Gasteiger partial charge is 0.209 e. The molecule has 0 amide bonds. The molecule has 0 bridgehead atoms. The van der Waals surface area contributed by atoms with Crippen LogP contribution in [-0.4, -0.2) is 21.6 Å². The Balaban J connectivity index is 1.45. The monoisotopic (exact) mass is 515 g/mol. The van der Waals surface area contributed by atoms with Crippen LogP contribution in [0, 0.1) is 0 Å². The molecule has 2 heterocycles. The molecule has 0 saturated heterocycles. The predicted molar refractivity (Wildman–Crippen MR) is 154 cm³/mol. The Morgan fingerprint density at radius 1 is 0.763 bits per heavy atom. The number of nitrogens with one attached hydrogen (secondary N) is 1. The van der Waals surface area contributed by atoms with Crippen molar-refractivity contribution in [1.29, 1.82) is 0 Å². The van der Waals surface area contributed by atoms with Gasteiger partial charge in [0.25, 0.3) is 0 Å². The fourth-order valence-electron chi connectivity index (χ4n) is 4.31. The van der Waals surface area contributed by atoms with Gasteiger partial charge in [0.05, 0.1) is 30.4 Å². The van der Waals surface area contributed by atoms with Crippen molar-refractivity contribution in [2.75, 3.05) is 12.5 Å². The second-order valence-electron chi connectivity index (χ2n) is 8.70. The molecule has 1 N–H and O–H groups in total. The predicted octanol–water partition coefficient (Wildman–Crippen LogP) is 6.81. The molecule has 0 aliphatic rings. The number of para-hydroxylation sites is 2. The van der Waals surface area contributed by atoms with Crippen LogP contribution in [0.2, 0.25) is 0 Å². The lowest BCUT2D eigenvalue weighted by atomic mass is 10.1. The van der Waals surface area contributed by atoms with E-state index in [1.807, 2.05) is 72.8 Å². The van der Waals surface area contributed by atoms with E-state index in [1.54, 1.807) is 18.4 Å². The van der Waals surface area contributed by atoms with Gasteiger partial charge in [-0.05, 0) is 47.5 Å². The summed E-state index contributed by atoms with van der Waals surface area (Å²) >= 11 is 1.58. The van der Waals surface area contributed by atoms with E-state index in [2.05, 4.69) is 51.8 Å². The Hall–Kier alpha value is -4.75. The average Bonchev–Trinajstić information content (AvgIpc) is 3.38. The van der Waals surface area contributed by atoms with Crippen LogP contribution in [0.5, 0.6) is 5.75 Å². The minimum Gasteiger partial charge on any atom is -0.497 e. The first kappa shape index (κ1) is 23.6. The van der Waals surface area contributed by atoms with Gasteiger partial charge in [0.1, 0.15) is 11.4 Å². The molecule has 0 saturated carbocycles. The summed E-state index contributed by atoms with van der Waals surface area (Å²) in [6.07, 6.45) is 0. The van der Waals surface area contributed by atoms with Crippen molar-refractivity contribution in [2.24, 2.45) is 5.10 Å². The maximum atomic E-state index is 5.36. The fraction of sp³-hybridized carbons (Fsp3) is 0.0645. The van der Waals surface area contributed by atoms with Crippen molar-refractivity contribution < 1.29 is 4.74 Å². The zero-order valence-corrected chi connectivity index (χ0v) is 21.6. The van der Waals surface area contributed by atoms with Crippen molar-refractivity contribution in [3.05, 3.63) is 125 Å². The minimum absolute atomic E-state index is 0.612. The number of hydrogen-bond acceptors (Lipinski definition) is 6. The Bertz CT molecular complexity index is 1740. The molecule has 0 atom stereocenters. The fourth-order valence-corrected chi connectivity index (χ4v) is 5.17. The quantitative estimate of drug-likeness (QED) is 0.237. The number of benzene rings is 4. The van der Waals surface area contributed by atoms with Gasteiger partial charge < -0.3 is 9.30 Å². The van der Waals surface area contributed by atoms with Crippen LogP contribution in [0.25, 0.3) is 33.5 Å². The Labute approximate surface area is 224 Å². The van der Waals surface area contributed by atoms with Gasteiger partial charge in [-0.3, -0.25) is 5.43 Å². The van der Waals surface area contributed by atoms with Crippen molar-refractivity contribution in [3.8, 4) is 28.3 Å². The largest absolute Gasteiger partial charge is 0.497 e. The van der Waals surface area contributed by atoms with Crippen LogP contribution in [0.15, 0.2) is 120 Å². The molecule has 6 nitrogen and oxygen atoms in total. The standard InChI is InChI=1S/C31H25N5OS/c1-37-25-18-16-23(17-19-25)28-21-38-31(36(28)20-22-10-4-2-5-11-22)35-34-30-29(24-12-6-3-7-13-24)32-26-14-8-9-15-27(26)33-30/h2-19,21H,20H2,1H3,(H,33,34)/b35-31+. The number of rotatable bonds is 7. The van der Waals surface area contributed by atoms with Crippen LogP contribution in [0.1, 0.15) is 5.56 Å². The van der Waals surface area contributed by atoms with Crippen molar-refractivity contribution in [3.63, 3.8) is 0 Å². The van der Waals surface area contributed by atoms with Gasteiger partial charge in [-0.1, -0.05) is 72.8 Å². The number of aromatic nitrogens is 3. The van der Waals surface area contributed by atoms with Gasteiger partial charge in [-0.25, -0.2) is 9.97 Å². The number of methoxy groups -OCH3 is 1. The Kier molecular flexibility index (Phi) is 6.66. The third-order valence-electron chi connectivity index (χ3n) is 6.24. The van der Waals surface area contributed by atoms with E-state index in [4.69, 9.17) is 19.8 Å². The second kappa shape index (κ2) is 10.7. The first-order chi connectivity index (χ1) is 18.8. The zero-order chi connectivity index (χ0) is 25.7. The van der Waals surface area contributed by atoms with Crippen LogP contribution in [0.3, 0.4) is 0 Å². The summed E-state index contributed by atoms with van der Waals surface area (Å²) in [5.41, 5.74) is 10.0. The van der Waals surface area contributed by atoms with E-state index in [0.717, 1.165) is 44.1 Å². The van der Waals surface area contributed by atoms with Crippen molar-refractivity contribution in [2.45, 2.75) is 6.54 Å². The molecule has 0 aliphatic heterocycles. The Morgan fingerprint density at radius 3 is 2.13 bits per heavy atom. The third-order valence-corrected chi connectivity index (χ3v) is 7.11. The Morgan fingerprint density at radius 2 is 1.42 bits per heavy atom. The highest BCUT2D eigenvalue weighted by Crippen LogP contribution is 2.27. The third kappa shape index (κ3) is 4.92. The molecular formula is C31H25N5OS. The first-order valence-electron chi connectivity index (χ1n) is 12.3. The maximum Gasteiger partial charge on any atom is 0.209 e. The summed E-state index contributed by atoms with van der Waals surface area (Å²) < 4.78 is 7.57. The number of hydrogen-bond donors (Lipinski definition) is 1. The number of anilines is 1. The van der Waals surface area contributed by atoms with Gasteiger partial charge in [-0.15, -0.1) is 16.4 Å². The molecule has 6 rings (SSSR count). The number of thiazole rings is 1. The molecule has 0 radical (unpaired) electrons. The summed E-state index contributed by atoms with van der Waals surface area (Å²) in [6.45, 7) is 0.682. The molecule has 7 heteroatoms. The molecule has 0 aliphatic carbocycles. The molecule has 186 valence electrons. The van der Waals surface area contributed by atoms with Crippen LogP contribution in [0.4, 0.5) is 5.82 Å². The minimum atomic E-state index is 0.612. The molecule has 38 heavy (non-hydrogen) atoms. The normalized spacial score (nSPS) is 11.6. The summed E-state index contributed by atoms with van der Waals surface area (Å²) in [5.74, 6) is 1.44. The second-order valence-corrected chi connectivity index (χ2v) is 9.54. The lowest BCUT2D eigenvalue weighted by Crippen LogP contribution is -2.19. The molecule has 0 fully saturated rings. The van der Waals surface area contributed by atoms with E-state index in [-0.39, 0.29) is 0 Å². The number of ether oxygens (including phenoxy) is 1. The molecule has 0 spiro atoms. The molecule has 4 aromatic carbocycles. The molecular weight excluding hydrogens is 490 g/mol. The summed E-state index contributed by atoms with van der Waals surface area (Å²) in [5, 5.41) is 6.98. The van der Waals surface area contributed by atoms with E-state index >= 15 is 0 Å². The van der Waals surface area contributed by atoms with Gasteiger partial charge in [-0.2, -0.15) is 0 Å². The lowest BCUT2D eigenvalue weighted by Gasteiger charge is -2.11. The zero-order valence-electron chi connectivity index (χ0n) is 20.8. The highest BCUT2D eigenvalue weighted by atomic mass is 32.1. The van der Waals surface area contributed by atoms with Crippen LogP contribution in [-0.2, 0) is 6.54 Å². The highest BCUT2D eigenvalue weighted by Gasteiger charge is 2.13. The highest BCUT2D eigenvalue weighted by molar-refractivity contribution is 7.07. The summed E-state index contributed by atoms with van der Waals surface area (Å²) in [4.78, 5) is 10.6. The van der Waals surface area contributed by atoms with Crippen molar-refractivity contribution >= 4 is 28.2 Å². The summed E-state index contributed by atoms with van der Waals surface area (Å²) in [6, 6.07) is 36.4. The maximum absolute atomic E-state index is 5.36. The van der Waals surface area contributed by atoms with Crippen LogP contribution < -0.4 is 15.0 Å². The number of fused-ring (bicyclic) bond motifs is 1. The molecule has 6 aromatic rings. The van der Waals surface area contributed by atoms with Crippen LogP contribution >= 0.6 is 11.3 Å². The summed E-state index contributed by atoms with van der Waals surface area (Å²) in [7, 11) is 1.68. The SMILES string of the molecule is COc1ccc(-c2cs/c(=N/Nc3nc4ccccc4nc3-c3ccccc3)n2Cc2ccccc2)cc1. The van der Waals surface area contributed by atoms with E-state index in [1.165, 1.54) is 5.56 Å². The topological polar surface area (TPSA) is 64.3 Å². The van der Waals surface area contributed by atoms with E-state index in [0.29, 0.717) is 12.4 Å². The van der Waals surface area contributed by atoms with Crippen molar-refractivity contribution in [1.82, 2.24) is 14.5 Å². The molecule has 0 unspecified atom stereocenters. The van der Waals surface area contributed by atoms with Gasteiger partial charge in [0.15, 0.2) is 5.82 Å². The van der Waals surface area contributed by atoms with Gasteiger partial charge in [0.2, 0.25) is 4.80 Å². The molecule has 2 aromatic heterocycles. The first-order valence-corrected chi connectivity index (χ1v) is 13.1. The van der Waals surface area contributed by atoms with E-state index < -0.39 is 0 Å². The van der Waals surface area contributed by atoms with Gasteiger partial charge in [0, 0.05) is 10.9 Å². The van der Waals surface area contributed by atoms with E-state index in [9.17, 15) is 0 Å². The lowest BCUT2D eigenvalue weighted by molar-refractivity contribution is 0.415. The number of nitrogens with zero attached hydrogens (tertiary/aromatic N) is 4. The van der Waals surface area contributed by atoms with Gasteiger partial charge >= 0.3 is 0 Å².